The normalized spacial score (nSPS) is 21.8. The number of aliphatic imine (C=N–C) groups is 1. The Morgan fingerprint density at radius 2 is 1.97 bits per heavy atom. The average molecular weight is 427 g/mol. The van der Waals surface area contributed by atoms with Crippen molar-refractivity contribution in [3.8, 4) is 0 Å². The van der Waals surface area contributed by atoms with Crippen LogP contribution in [0.5, 0.6) is 0 Å². The van der Waals surface area contributed by atoms with Gasteiger partial charge in [0.15, 0.2) is 5.96 Å². The highest BCUT2D eigenvalue weighted by Gasteiger charge is 2.34. The van der Waals surface area contributed by atoms with Crippen LogP contribution in [0.15, 0.2) is 23.3 Å². The summed E-state index contributed by atoms with van der Waals surface area (Å²) in [5.74, 6) is 2.42. The average Bonchev–Trinajstić information content (AvgIpc) is 3.12. The van der Waals surface area contributed by atoms with Gasteiger partial charge in [0.2, 0.25) is 0 Å². The van der Waals surface area contributed by atoms with Crippen molar-refractivity contribution in [1.82, 2.24) is 20.5 Å². The van der Waals surface area contributed by atoms with Gasteiger partial charge in [-0.25, -0.2) is 9.98 Å². The monoisotopic (exact) mass is 426 g/mol. The fraction of sp³-hybridized carbons (Fsp3) is 0.714. The summed E-state index contributed by atoms with van der Waals surface area (Å²) in [5, 5.41) is 6.45. The maximum absolute atomic E-state index is 12.6. The molecule has 168 valence electrons. The molecule has 0 saturated carbocycles. The summed E-state index contributed by atoms with van der Waals surface area (Å²) in [7, 11) is 0. The summed E-state index contributed by atoms with van der Waals surface area (Å²) in [5.41, 5.74) is 1.01. The molecule has 0 radical (unpaired) electrons. The number of alkyl halides is 3. The number of hydrogen-bond acceptors (Lipinski definition) is 4. The van der Waals surface area contributed by atoms with E-state index in [1.54, 1.807) is 0 Å². The van der Waals surface area contributed by atoms with Crippen LogP contribution in [0.2, 0.25) is 0 Å². The topological polar surface area (TPSA) is 55.8 Å². The molecule has 2 saturated heterocycles. The van der Waals surface area contributed by atoms with Gasteiger partial charge in [-0.05, 0) is 43.7 Å². The van der Waals surface area contributed by atoms with Crippen LogP contribution in [0.3, 0.4) is 0 Å². The first-order valence-corrected chi connectivity index (χ1v) is 10.9. The van der Waals surface area contributed by atoms with Crippen molar-refractivity contribution in [3.63, 3.8) is 0 Å². The predicted molar refractivity (Wildman–Crippen MR) is 114 cm³/mol. The first-order valence-electron chi connectivity index (χ1n) is 10.9. The highest BCUT2D eigenvalue weighted by Crippen LogP contribution is 2.22. The lowest BCUT2D eigenvalue weighted by Gasteiger charge is -2.31. The van der Waals surface area contributed by atoms with E-state index in [4.69, 9.17) is 0 Å². The van der Waals surface area contributed by atoms with E-state index in [0.29, 0.717) is 38.6 Å². The molecule has 0 amide bonds. The molecule has 1 aromatic rings. The van der Waals surface area contributed by atoms with Gasteiger partial charge >= 0.3 is 6.18 Å². The summed E-state index contributed by atoms with van der Waals surface area (Å²) in [6.45, 7) is 7.48. The molecule has 30 heavy (non-hydrogen) atoms. The lowest BCUT2D eigenvalue weighted by atomic mass is 9.99. The zero-order chi connectivity index (χ0) is 21.6. The molecular weight excluding hydrogens is 393 g/mol. The molecule has 2 fully saturated rings. The molecule has 2 N–H and O–H groups in total. The molecule has 6 nitrogen and oxygen atoms in total. The van der Waals surface area contributed by atoms with Crippen LogP contribution >= 0.6 is 0 Å². The second-order valence-corrected chi connectivity index (χ2v) is 8.37. The molecule has 2 aliphatic heterocycles. The molecule has 9 heteroatoms. The number of aromatic nitrogens is 1. The molecule has 1 aromatic heterocycles. The van der Waals surface area contributed by atoms with Crippen molar-refractivity contribution < 1.29 is 13.2 Å². The largest absolute Gasteiger partial charge is 0.401 e. The lowest BCUT2D eigenvalue weighted by molar-refractivity contribution is -0.143. The molecule has 1 unspecified atom stereocenters. The Kier molecular flexibility index (Phi) is 7.80. The fourth-order valence-electron chi connectivity index (χ4n) is 3.97. The number of nitrogens with zero attached hydrogens (tertiary/aromatic N) is 4. The highest BCUT2D eigenvalue weighted by atomic mass is 19.4. The van der Waals surface area contributed by atoms with E-state index < -0.39 is 12.7 Å². The molecule has 0 aromatic carbocycles. The van der Waals surface area contributed by atoms with E-state index in [2.05, 4.69) is 32.4 Å². The minimum absolute atomic E-state index is 0.0351. The molecule has 0 aliphatic carbocycles. The minimum atomic E-state index is -4.15. The Labute approximate surface area is 176 Å². The van der Waals surface area contributed by atoms with Crippen LogP contribution in [-0.4, -0.2) is 67.3 Å². The van der Waals surface area contributed by atoms with Crippen molar-refractivity contribution >= 4 is 11.8 Å². The first-order chi connectivity index (χ1) is 14.3. The van der Waals surface area contributed by atoms with Gasteiger partial charge in [-0.15, -0.1) is 0 Å². The third-order valence-corrected chi connectivity index (χ3v) is 5.70. The number of hydrogen-bond donors (Lipinski definition) is 2. The van der Waals surface area contributed by atoms with Crippen LogP contribution in [-0.2, 0) is 6.54 Å². The van der Waals surface area contributed by atoms with Crippen molar-refractivity contribution in [1.29, 1.82) is 0 Å². The van der Waals surface area contributed by atoms with E-state index in [1.165, 1.54) is 17.7 Å². The van der Waals surface area contributed by atoms with E-state index >= 15 is 0 Å². The zero-order valence-electron chi connectivity index (χ0n) is 17.9. The van der Waals surface area contributed by atoms with Gasteiger partial charge in [-0.3, -0.25) is 4.90 Å². The standard InChI is InChI=1S/C21H33F3N6/c1-3-25-20(28-18-8-9-29(14-18)15-21(22,23)24)27-13-17-4-5-19(26-12-17)30-10-6-16(2)7-11-30/h4-5,12,16,18H,3,6-11,13-15H2,1-2H3,(H2,25,27,28). The number of guanidine groups is 1. The number of halogens is 3. The van der Waals surface area contributed by atoms with Crippen LogP contribution in [0.25, 0.3) is 0 Å². The number of likely N-dealkylation sites (tertiary alicyclic amines) is 1. The molecule has 3 rings (SSSR count). The summed E-state index contributed by atoms with van der Waals surface area (Å²) < 4.78 is 37.8. The maximum atomic E-state index is 12.6. The Bertz CT molecular complexity index is 683. The van der Waals surface area contributed by atoms with Gasteiger partial charge in [0.25, 0.3) is 0 Å². The van der Waals surface area contributed by atoms with Crippen molar-refractivity contribution in [2.75, 3.05) is 44.2 Å². The zero-order valence-corrected chi connectivity index (χ0v) is 17.9. The van der Waals surface area contributed by atoms with Gasteiger partial charge < -0.3 is 15.5 Å². The highest BCUT2D eigenvalue weighted by molar-refractivity contribution is 5.80. The number of anilines is 1. The van der Waals surface area contributed by atoms with Gasteiger partial charge in [0.1, 0.15) is 5.82 Å². The first kappa shape index (κ1) is 22.7. The van der Waals surface area contributed by atoms with Gasteiger partial charge in [-0.1, -0.05) is 13.0 Å². The van der Waals surface area contributed by atoms with Crippen LogP contribution in [0.1, 0.15) is 38.7 Å². The fourth-order valence-corrected chi connectivity index (χ4v) is 3.97. The summed E-state index contributed by atoms with van der Waals surface area (Å²) in [6.07, 6.45) is 0.783. The number of piperidine rings is 1. The smallest absolute Gasteiger partial charge is 0.357 e. The Morgan fingerprint density at radius 3 is 2.60 bits per heavy atom. The van der Waals surface area contributed by atoms with Crippen molar-refractivity contribution in [2.24, 2.45) is 10.9 Å². The quantitative estimate of drug-likeness (QED) is 0.541. The van der Waals surface area contributed by atoms with Crippen molar-refractivity contribution in [2.45, 2.75) is 51.9 Å². The van der Waals surface area contributed by atoms with Crippen LogP contribution in [0.4, 0.5) is 19.0 Å². The van der Waals surface area contributed by atoms with E-state index in [-0.39, 0.29) is 6.04 Å². The molecule has 0 spiro atoms. The molecule has 0 bridgehead atoms. The third kappa shape index (κ3) is 7.04. The molecule has 3 heterocycles. The Balaban J connectivity index is 1.52. The lowest BCUT2D eigenvalue weighted by Crippen LogP contribution is -2.45. The van der Waals surface area contributed by atoms with Crippen LogP contribution in [0, 0.1) is 5.92 Å². The second kappa shape index (κ2) is 10.3. The van der Waals surface area contributed by atoms with Crippen LogP contribution < -0.4 is 15.5 Å². The SMILES string of the molecule is CCNC(=NCc1ccc(N2CCC(C)CC2)nc1)NC1CCN(CC(F)(F)F)C1. The third-order valence-electron chi connectivity index (χ3n) is 5.70. The van der Waals surface area contributed by atoms with Gasteiger partial charge in [0, 0.05) is 45.0 Å². The maximum Gasteiger partial charge on any atom is 0.401 e. The minimum Gasteiger partial charge on any atom is -0.357 e. The van der Waals surface area contributed by atoms with E-state index in [9.17, 15) is 13.2 Å². The van der Waals surface area contributed by atoms with E-state index in [1.807, 2.05) is 25.3 Å². The summed E-state index contributed by atoms with van der Waals surface area (Å²) in [6, 6.07) is 4.06. The number of pyridine rings is 1. The Morgan fingerprint density at radius 1 is 1.20 bits per heavy atom. The predicted octanol–water partition coefficient (Wildman–Crippen LogP) is 3.01. The molecular formula is C21H33F3N6. The Hall–Kier alpha value is -2.03. The summed E-state index contributed by atoms with van der Waals surface area (Å²) >= 11 is 0. The summed E-state index contributed by atoms with van der Waals surface area (Å²) in [4.78, 5) is 13.0. The second-order valence-electron chi connectivity index (χ2n) is 8.37. The number of nitrogens with one attached hydrogen (secondary N) is 2. The van der Waals surface area contributed by atoms with E-state index in [0.717, 1.165) is 30.4 Å². The van der Waals surface area contributed by atoms with Crippen molar-refractivity contribution in [3.05, 3.63) is 23.9 Å². The van der Waals surface area contributed by atoms with Gasteiger partial charge in [0.05, 0.1) is 13.1 Å². The van der Waals surface area contributed by atoms with Gasteiger partial charge in [-0.2, -0.15) is 13.2 Å². The number of rotatable bonds is 6. The molecule has 2 aliphatic rings. The molecule has 1 atom stereocenters.